The largest absolute Gasteiger partial charge is 0.344 e. The van der Waals surface area contributed by atoms with Crippen LogP contribution in [-0.4, -0.2) is 20.8 Å². The molecule has 0 aliphatic heterocycles. The summed E-state index contributed by atoms with van der Waals surface area (Å²) in [6, 6.07) is 2.44. The fourth-order valence-electron chi connectivity index (χ4n) is 2.19. The maximum absolute atomic E-state index is 11.9. The molecule has 1 aliphatic rings. The molecule has 0 amide bonds. The second kappa shape index (κ2) is 6.28. The second-order valence-electron chi connectivity index (χ2n) is 5.19. The van der Waals surface area contributed by atoms with Crippen molar-refractivity contribution in [2.45, 2.75) is 48.7 Å². The van der Waals surface area contributed by atoms with Crippen LogP contribution < -0.4 is 11.4 Å². The highest BCUT2D eigenvalue weighted by molar-refractivity contribution is 9.10. The van der Waals surface area contributed by atoms with E-state index in [2.05, 4.69) is 44.5 Å². The Hall–Kier alpha value is -0.570. The third kappa shape index (κ3) is 3.28. The number of nitrogens with one attached hydrogen (secondary N) is 1. The highest BCUT2D eigenvalue weighted by Gasteiger charge is 2.31. The number of nitrogens with zero attached hydrogens (tertiary/aromatic N) is 2. The first-order valence-corrected chi connectivity index (χ1v) is 9.48. The quantitative estimate of drug-likeness (QED) is 0.744. The van der Waals surface area contributed by atoms with Gasteiger partial charge in [-0.05, 0) is 41.3 Å². The Morgan fingerprint density at radius 3 is 3.00 bits per heavy atom. The normalized spacial score (nSPS) is 17.9. The smallest absolute Gasteiger partial charge is 0.326 e. The number of H-pyrrole nitrogens is 1. The van der Waals surface area contributed by atoms with Gasteiger partial charge in [0.05, 0.1) is 5.25 Å². The Bertz CT molecular complexity index is 676. The molecule has 8 heteroatoms. The van der Waals surface area contributed by atoms with Crippen LogP contribution >= 0.6 is 39.0 Å². The number of thiophene rings is 1. The Kier molecular flexibility index (Phi) is 4.58. The first-order valence-electron chi connectivity index (χ1n) is 6.93. The summed E-state index contributed by atoms with van der Waals surface area (Å²) in [4.78, 5) is 13.1. The molecule has 21 heavy (non-hydrogen) atoms. The van der Waals surface area contributed by atoms with Crippen molar-refractivity contribution >= 4 is 39.0 Å². The van der Waals surface area contributed by atoms with Crippen molar-refractivity contribution in [2.75, 3.05) is 0 Å². The van der Waals surface area contributed by atoms with Crippen molar-refractivity contribution in [3.8, 4) is 0 Å². The molecular formula is C13H17BrN4OS2. The van der Waals surface area contributed by atoms with E-state index in [4.69, 9.17) is 5.73 Å². The minimum Gasteiger partial charge on any atom is -0.326 e. The van der Waals surface area contributed by atoms with Gasteiger partial charge in [-0.1, -0.05) is 18.7 Å². The van der Waals surface area contributed by atoms with Gasteiger partial charge in [-0.2, -0.15) is 0 Å². The number of hydrogen-bond donors (Lipinski definition) is 2. The third-order valence-electron chi connectivity index (χ3n) is 3.54. The van der Waals surface area contributed by atoms with Crippen LogP contribution in [0.15, 0.2) is 25.9 Å². The number of hydrogen-bond acceptors (Lipinski definition) is 5. The van der Waals surface area contributed by atoms with Gasteiger partial charge in [0.15, 0.2) is 5.16 Å². The zero-order valence-corrected chi connectivity index (χ0v) is 14.8. The number of aromatic nitrogens is 3. The van der Waals surface area contributed by atoms with Gasteiger partial charge in [0.25, 0.3) is 0 Å². The van der Waals surface area contributed by atoms with Crippen LogP contribution in [0.4, 0.5) is 0 Å². The standard InChI is InChI=1S/C13H17BrN4OS2/c1-2-9(15)11(10-5-7(14)6-20-10)21-13-17-16-12(19)18(13)8-3-4-8/h5-6,8-9,11H,2-4,15H2,1H3,(H,16,19). The summed E-state index contributed by atoms with van der Waals surface area (Å²) in [5, 5.41) is 9.68. The number of rotatable bonds is 6. The molecule has 0 saturated heterocycles. The van der Waals surface area contributed by atoms with E-state index in [1.165, 1.54) is 4.88 Å². The molecule has 0 spiro atoms. The molecule has 0 aromatic carbocycles. The number of aromatic amines is 1. The maximum Gasteiger partial charge on any atom is 0.344 e. The monoisotopic (exact) mass is 388 g/mol. The average molecular weight is 389 g/mol. The second-order valence-corrected chi connectivity index (χ2v) is 8.16. The minimum absolute atomic E-state index is 0.0278. The predicted molar refractivity (Wildman–Crippen MR) is 90.0 cm³/mol. The fourth-order valence-corrected chi connectivity index (χ4v) is 5.22. The van der Waals surface area contributed by atoms with Crippen molar-refractivity contribution in [2.24, 2.45) is 5.73 Å². The average Bonchev–Trinajstić information content (AvgIpc) is 3.11. The van der Waals surface area contributed by atoms with E-state index in [0.717, 1.165) is 28.9 Å². The molecule has 2 aromatic rings. The molecule has 3 rings (SSSR count). The molecule has 0 bridgehead atoms. The highest BCUT2D eigenvalue weighted by atomic mass is 79.9. The summed E-state index contributed by atoms with van der Waals surface area (Å²) in [6.45, 7) is 2.08. The van der Waals surface area contributed by atoms with Crippen molar-refractivity contribution in [1.82, 2.24) is 14.8 Å². The molecule has 0 radical (unpaired) electrons. The molecule has 2 atom stereocenters. The molecule has 1 saturated carbocycles. The van der Waals surface area contributed by atoms with Crippen LogP contribution in [0, 0.1) is 0 Å². The van der Waals surface area contributed by atoms with Crippen molar-refractivity contribution in [3.63, 3.8) is 0 Å². The van der Waals surface area contributed by atoms with Crippen molar-refractivity contribution < 1.29 is 0 Å². The molecule has 114 valence electrons. The van der Waals surface area contributed by atoms with E-state index in [-0.39, 0.29) is 17.0 Å². The van der Waals surface area contributed by atoms with Crippen molar-refractivity contribution in [3.05, 3.63) is 31.3 Å². The molecular weight excluding hydrogens is 372 g/mol. The zero-order valence-electron chi connectivity index (χ0n) is 11.6. The molecule has 3 N–H and O–H groups in total. The van der Waals surface area contributed by atoms with E-state index in [1.807, 2.05) is 0 Å². The number of thioether (sulfide) groups is 1. The maximum atomic E-state index is 11.9. The Morgan fingerprint density at radius 1 is 1.67 bits per heavy atom. The van der Waals surface area contributed by atoms with E-state index >= 15 is 0 Å². The highest BCUT2D eigenvalue weighted by Crippen LogP contribution is 2.43. The molecule has 1 fully saturated rings. The van der Waals surface area contributed by atoms with E-state index in [0.29, 0.717) is 6.04 Å². The van der Waals surface area contributed by atoms with Gasteiger partial charge < -0.3 is 5.73 Å². The lowest BCUT2D eigenvalue weighted by Crippen LogP contribution is -2.25. The van der Waals surface area contributed by atoms with E-state index in [1.54, 1.807) is 27.7 Å². The van der Waals surface area contributed by atoms with Crippen LogP contribution in [0.1, 0.15) is 42.4 Å². The van der Waals surface area contributed by atoms with Gasteiger partial charge in [0.1, 0.15) is 0 Å². The van der Waals surface area contributed by atoms with Crippen LogP contribution in [0.5, 0.6) is 0 Å². The van der Waals surface area contributed by atoms with Gasteiger partial charge in [-0.3, -0.25) is 4.57 Å². The molecule has 5 nitrogen and oxygen atoms in total. The lowest BCUT2D eigenvalue weighted by Gasteiger charge is -2.20. The van der Waals surface area contributed by atoms with E-state index < -0.39 is 0 Å². The van der Waals surface area contributed by atoms with Crippen molar-refractivity contribution in [1.29, 1.82) is 0 Å². The van der Waals surface area contributed by atoms with Gasteiger partial charge in [0.2, 0.25) is 0 Å². The summed E-state index contributed by atoms with van der Waals surface area (Å²) in [5.41, 5.74) is 6.19. The van der Waals surface area contributed by atoms with Gasteiger partial charge in [0, 0.05) is 26.8 Å². The first-order chi connectivity index (χ1) is 10.1. The Balaban J connectivity index is 1.90. The summed E-state index contributed by atoms with van der Waals surface area (Å²) in [5.74, 6) is 0. The predicted octanol–water partition coefficient (Wildman–Crippen LogP) is 3.30. The summed E-state index contributed by atoms with van der Waals surface area (Å²) in [6.07, 6.45) is 3.00. The zero-order chi connectivity index (χ0) is 15.0. The first kappa shape index (κ1) is 15.3. The SMILES string of the molecule is CCC(N)C(Sc1n[nH]c(=O)n1C1CC1)c1cc(Br)cs1. The van der Waals surface area contributed by atoms with Gasteiger partial charge >= 0.3 is 5.69 Å². The number of halogens is 1. The van der Waals surface area contributed by atoms with Crippen LogP contribution in [0.3, 0.4) is 0 Å². The molecule has 2 aromatic heterocycles. The third-order valence-corrected chi connectivity index (χ3v) is 6.83. The van der Waals surface area contributed by atoms with Gasteiger partial charge in [-0.25, -0.2) is 9.89 Å². The summed E-state index contributed by atoms with van der Waals surface area (Å²) >= 11 is 6.77. The Labute approximate surface area is 139 Å². The topological polar surface area (TPSA) is 76.7 Å². The lowest BCUT2D eigenvalue weighted by molar-refractivity contribution is 0.619. The van der Waals surface area contributed by atoms with E-state index in [9.17, 15) is 4.79 Å². The minimum atomic E-state index is -0.115. The molecule has 2 heterocycles. The molecule has 2 unspecified atom stereocenters. The fraction of sp³-hybridized carbons (Fsp3) is 0.538. The number of nitrogens with two attached hydrogens (primary N) is 1. The Morgan fingerprint density at radius 2 is 2.43 bits per heavy atom. The lowest BCUT2D eigenvalue weighted by atomic mass is 10.1. The van der Waals surface area contributed by atoms with Crippen LogP contribution in [0.25, 0.3) is 0 Å². The summed E-state index contributed by atoms with van der Waals surface area (Å²) < 4.78 is 2.85. The van der Waals surface area contributed by atoms with Gasteiger partial charge in [-0.15, -0.1) is 16.4 Å². The van der Waals surface area contributed by atoms with Crippen LogP contribution in [-0.2, 0) is 0 Å². The summed E-state index contributed by atoms with van der Waals surface area (Å²) in [7, 11) is 0. The molecule has 1 aliphatic carbocycles. The van der Waals surface area contributed by atoms with Crippen LogP contribution in [0.2, 0.25) is 0 Å².